The minimum absolute atomic E-state index is 1.93. The van der Waals surface area contributed by atoms with Gasteiger partial charge in [-0.05, 0) is 13.8 Å². The Balaban J connectivity index is 0. The van der Waals surface area contributed by atoms with Crippen LogP contribution >= 0.6 is 7.82 Å². The van der Waals surface area contributed by atoms with Crippen LogP contribution in [0, 0.1) is 0 Å². The molecule has 0 aromatic carbocycles. The first-order chi connectivity index (χ1) is 6.12. The molecule has 0 spiro atoms. The lowest BCUT2D eigenvalue weighted by molar-refractivity contribution is -0.156. The van der Waals surface area contributed by atoms with Gasteiger partial charge in [0.05, 0.1) is 0 Å². The van der Waals surface area contributed by atoms with Crippen molar-refractivity contribution in [3.05, 3.63) is 12.2 Å². The van der Waals surface area contributed by atoms with Gasteiger partial charge in [-0.25, -0.2) is 4.57 Å². The van der Waals surface area contributed by atoms with Crippen molar-refractivity contribution in [2.45, 2.75) is 20.0 Å². The van der Waals surface area contributed by atoms with E-state index >= 15 is 0 Å². The lowest BCUT2D eigenvalue weighted by atomic mass is 10.6. The molecule has 0 fully saturated rings. The second-order valence-corrected chi connectivity index (χ2v) is 3.29. The number of halogens is 3. The van der Waals surface area contributed by atoms with Gasteiger partial charge < -0.3 is 9.79 Å². The number of phosphoric acid groups is 1. The molecule has 0 aliphatic heterocycles. The first-order valence-electron chi connectivity index (χ1n) is 3.46. The van der Waals surface area contributed by atoms with Gasteiger partial charge in [0.1, 0.15) is 0 Å². The Bertz CT molecular complexity index is 204. The number of rotatable bonds is 2. The number of hydrogen-bond donors (Lipinski definition) is 2. The molecule has 0 amide bonds. The van der Waals surface area contributed by atoms with Crippen LogP contribution in [-0.4, -0.2) is 22.6 Å². The third-order valence-corrected chi connectivity index (χ3v) is 1.20. The van der Waals surface area contributed by atoms with Crippen LogP contribution in [0.15, 0.2) is 12.2 Å². The monoisotopic (exact) mass is 236 g/mol. The summed E-state index contributed by atoms with van der Waals surface area (Å²) in [4.78, 5) is 15.5. The van der Waals surface area contributed by atoms with Crippen molar-refractivity contribution in [2.75, 3.05) is 6.61 Å². The first-order valence-corrected chi connectivity index (χ1v) is 4.99. The van der Waals surface area contributed by atoms with Crippen LogP contribution in [0.1, 0.15) is 13.8 Å². The third kappa shape index (κ3) is 22.6. The summed E-state index contributed by atoms with van der Waals surface area (Å²) in [7, 11) is -4.98. The molecule has 0 aliphatic carbocycles. The molecule has 4 nitrogen and oxygen atoms in total. The summed E-state index contributed by atoms with van der Waals surface area (Å²) >= 11 is 0. The minimum Gasteiger partial charge on any atom is -0.303 e. The van der Waals surface area contributed by atoms with E-state index in [-0.39, 0.29) is 0 Å². The average Bonchev–Trinajstić information content (AvgIpc) is 1.99. The molecule has 0 aromatic heterocycles. The van der Waals surface area contributed by atoms with E-state index in [4.69, 9.17) is 9.79 Å². The number of hydrogen-bond acceptors (Lipinski definition) is 2. The molecule has 0 saturated carbocycles. The van der Waals surface area contributed by atoms with Gasteiger partial charge in [-0.15, -0.1) is 0 Å². The second-order valence-electron chi connectivity index (χ2n) is 2.05. The fourth-order valence-corrected chi connectivity index (χ4v) is 0.472. The molecular weight excluding hydrogens is 224 g/mol. The van der Waals surface area contributed by atoms with E-state index in [1.54, 1.807) is 0 Å². The molecule has 0 saturated heterocycles. The van der Waals surface area contributed by atoms with Crippen molar-refractivity contribution in [3.8, 4) is 0 Å². The fourth-order valence-electron chi connectivity index (χ4n) is 0.157. The van der Waals surface area contributed by atoms with Crippen molar-refractivity contribution in [1.29, 1.82) is 0 Å². The third-order valence-electron chi connectivity index (χ3n) is 0.730. The molecule has 0 aromatic rings. The molecule has 0 unspecified atom stereocenters. The number of alkyl halides is 3. The Morgan fingerprint density at radius 2 is 1.64 bits per heavy atom. The Kier molecular flexibility index (Phi) is 8.04. The molecule has 0 atom stereocenters. The van der Waals surface area contributed by atoms with Crippen molar-refractivity contribution >= 4 is 7.82 Å². The molecule has 0 heterocycles. The van der Waals surface area contributed by atoms with E-state index in [2.05, 4.69) is 4.52 Å². The van der Waals surface area contributed by atoms with Crippen molar-refractivity contribution < 1.29 is 32.0 Å². The molecule has 2 N–H and O–H groups in total. The molecule has 0 aliphatic rings. The predicted molar refractivity (Wildman–Crippen MR) is 44.5 cm³/mol. The fraction of sp³-hybridized carbons (Fsp3) is 0.667. The van der Waals surface area contributed by atoms with Gasteiger partial charge in [0.25, 0.3) is 0 Å². The highest BCUT2D eigenvalue weighted by atomic mass is 31.2. The summed E-state index contributed by atoms with van der Waals surface area (Å²) in [6, 6.07) is 0. The summed E-state index contributed by atoms with van der Waals surface area (Å²) in [6.45, 7) is 2.07. The number of phosphoric ester groups is 1. The minimum atomic E-state index is -4.98. The molecule has 0 bridgehead atoms. The van der Waals surface area contributed by atoms with Crippen LogP contribution in [0.2, 0.25) is 0 Å². The van der Waals surface area contributed by atoms with Crippen molar-refractivity contribution in [1.82, 2.24) is 0 Å². The van der Waals surface area contributed by atoms with Gasteiger partial charge in [0.2, 0.25) is 0 Å². The highest BCUT2D eigenvalue weighted by Gasteiger charge is 2.31. The SMILES string of the molecule is CC=CC.O=P(O)(O)OCC(F)(F)F. The molecule has 14 heavy (non-hydrogen) atoms. The summed E-state index contributed by atoms with van der Waals surface area (Å²) in [5.74, 6) is 0. The predicted octanol–water partition coefficient (Wildman–Crippen LogP) is 2.24. The van der Waals surface area contributed by atoms with Crippen LogP contribution in [-0.2, 0) is 9.09 Å². The van der Waals surface area contributed by atoms with E-state index < -0.39 is 20.6 Å². The maximum absolute atomic E-state index is 11.1. The highest BCUT2D eigenvalue weighted by Crippen LogP contribution is 2.37. The molecule has 8 heteroatoms. The van der Waals surface area contributed by atoms with E-state index in [9.17, 15) is 17.7 Å². The van der Waals surface area contributed by atoms with Crippen LogP contribution in [0.3, 0.4) is 0 Å². The van der Waals surface area contributed by atoms with Gasteiger partial charge in [-0.3, -0.25) is 4.52 Å². The lowest BCUT2D eigenvalue weighted by Gasteiger charge is -2.07. The van der Waals surface area contributed by atoms with Crippen LogP contribution in [0.5, 0.6) is 0 Å². The summed E-state index contributed by atoms with van der Waals surface area (Å²) in [6.07, 6.45) is -0.707. The highest BCUT2D eigenvalue weighted by molar-refractivity contribution is 7.46. The second kappa shape index (κ2) is 7.00. The first kappa shape index (κ1) is 16.1. The molecule has 0 radical (unpaired) electrons. The summed E-state index contributed by atoms with van der Waals surface area (Å²) < 4.78 is 46.1. The zero-order valence-corrected chi connectivity index (χ0v) is 8.55. The normalized spacial score (nSPS) is 12.5. The van der Waals surface area contributed by atoms with Gasteiger partial charge in [0.15, 0.2) is 6.61 Å². The number of allylic oxidation sites excluding steroid dienone is 2. The van der Waals surface area contributed by atoms with Crippen molar-refractivity contribution in [2.24, 2.45) is 0 Å². The average molecular weight is 236 g/mol. The lowest BCUT2D eigenvalue weighted by Crippen LogP contribution is -2.15. The Hall–Kier alpha value is -0.360. The smallest absolute Gasteiger partial charge is 0.303 e. The Morgan fingerprint density at radius 3 is 1.71 bits per heavy atom. The van der Waals surface area contributed by atoms with E-state index in [0.29, 0.717) is 0 Å². The zero-order chi connectivity index (χ0) is 11.8. The van der Waals surface area contributed by atoms with Gasteiger partial charge in [-0.2, -0.15) is 13.2 Å². The maximum atomic E-state index is 11.1. The summed E-state index contributed by atoms with van der Waals surface area (Å²) in [5.41, 5.74) is 0. The molecule has 0 rings (SSSR count). The van der Waals surface area contributed by atoms with Gasteiger partial charge >= 0.3 is 14.0 Å². The maximum Gasteiger partial charge on any atom is 0.469 e. The molecule has 86 valence electrons. The largest absolute Gasteiger partial charge is 0.469 e. The Labute approximate surface area is 79.6 Å². The molecular formula is C6H12F3O4P. The van der Waals surface area contributed by atoms with E-state index in [1.807, 2.05) is 26.0 Å². The van der Waals surface area contributed by atoms with E-state index in [1.165, 1.54) is 0 Å². The quantitative estimate of drug-likeness (QED) is 0.570. The zero-order valence-electron chi connectivity index (χ0n) is 7.65. The van der Waals surface area contributed by atoms with Gasteiger partial charge in [-0.1, -0.05) is 12.2 Å². The van der Waals surface area contributed by atoms with Crippen LogP contribution in [0.4, 0.5) is 13.2 Å². The van der Waals surface area contributed by atoms with E-state index in [0.717, 1.165) is 0 Å². The standard InChI is InChI=1S/C4H8.C2H4F3O4P/c1-3-4-2;3-2(4,5)1-9-10(6,7)8/h3-4H,1-2H3;1H2,(H2,6,7,8). The van der Waals surface area contributed by atoms with Crippen LogP contribution < -0.4 is 0 Å². The summed E-state index contributed by atoms with van der Waals surface area (Å²) in [5, 5.41) is 0. The Morgan fingerprint density at radius 1 is 1.29 bits per heavy atom. The van der Waals surface area contributed by atoms with Crippen molar-refractivity contribution in [3.63, 3.8) is 0 Å². The van der Waals surface area contributed by atoms with Crippen LogP contribution in [0.25, 0.3) is 0 Å². The van der Waals surface area contributed by atoms with Gasteiger partial charge in [0, 0.05) is 0 Å². The topological polar surface area (TPSA) is 66.8 Å².